The molecule has 5 amide bonds. The van der Waals surface area contributed by atoms with Crippen molar-refractivity contribution in [3.63, 3.8) is 0 Å². The van der Waals surface area contributed by atoms with E-state index in [0.717, 1.165) is 17.7 Å². The van der Waals surface area contributed by atoms with E-state index in [1.54, 1.807) is 14.1 Å². The van der Waals surface area contributed by atoms with Crippen LogP contribution in [-0.4, -0.2) is 66.3 Å². The van der Waals surface area contributed by atoms with Crippen LogP contribution in [0.2, 0.25) is 0 Å². The Morgan fingerprint density at radius 3 is 2.22 bits per heavy atom. The van der Waals surface area contributed by atoms with Gasteiger partial charge in [0.1, 0.15) is 12.1 Å². The van der Waals surface area contributed by atoms with Gasteiger partial charge in [-0.1, -0.05) is 26.7 Å². The molecular formula is C15H26N4O4. The van der Waals surface area contributed by atoms with Gasteiger partial charge in [0.2, 0.25) is 11.8 Å². The van der Waals surface area contributed by atoms with Crippen LogP contribution in [0.15, 0.2) is 0 Å². The molecule has 0 radical (unpaired) electrons. The molecular weight excluding hydrogens is 300 g/mol. The number of carbonyl (C=O) groups excluding carboxylic acids is 4. The molecule has 0 aliphatic carbocycles. The molecule has 0 bridgehead atoms. The van der Waals surface area contributed by atoms with Crippen LogP contribution in [0.3, 0.4) is 0 Å². The predicted octanol–water partition coefficient (Wildman–Crippen LogP) is 0.0816. The Labute approximate surface area is 136 Å². The Balaban J connectivity index is 2.70. The van der Waals surface area contributed by atoms with Gasteiger partial charge < -0.3 is 15.5 Å². The first-order valence-corrected chi connectivity index (χ1v) is 7.88. The average molecular weight is 326 g/mol. The van der Waals surface area contributed by atoms with E-state index in [2.05, 4.69) is 10.6 Å². The zero-order valence-corrected chi connectivity index (χ0v) is 14.3. The molecule has 1 rings (SSSR count). The van der Waals surface area contributed by atoms with E-state index in [4.69, 9.17) is 0 Å². The Morgan fingerprint density at radius 2 is 1.74 bits per heavy atom. The lowest BCUT2D eigenvalue weighted by molar-refractivity contribution is -0.136. The Morgan fingerprint density at radius 1 is 1.17 bits per heavy atom. The molecule has 1 aliphatic rings. The van der Waals surface area contributed by atoms with E-state index in [1.165, 1.54) is 4.90 Å². The summed E-state index contributed by atoms with van der Waals surface area (Å²) < 4.78 is 0. The van der Waals surface area contributed by atoms with E-state index in [9.17, 15) is 19.2 Å². The summed E-state index contributed by atoms with van der Waals surface area (Å²) in [5.74, 6) is -1.16. The molecule has 0 aromatic heterocycles. The lowest BCUT2D eigenvalue weighted by Crippen LogP contribution is -2.48. The molecule has 0 atom stereocenters. The second-order valence-corrected chi connectivity index (χ2v) is 5.97. The molecule has 2 N–H and O–H groups in total. The third-order valence-electron chi connectivity index (χ3n) is 3.84. The zero-order valence-electron chi connectivity index (χ0n) is 14.3. The smallest absolute Gasteiger partial charge is 0.325 e. The highest BCUT2D eigenvalue weighted by atomic mass is 16.2. The normalized spacial score (nSPS) is 16.3. The summed E-state index contributed by atoms with van der Waals surface area (Å²) in [6.45, 7) is 3.35. The summed E-state index contributed by atoms with van der Waals surface area (Å²) in [6, 6.07) is -0.550. The number of carbonyl (C=O) groups is 4. The SMILES string of the molecule is CCCC1(CCC)NC(=O)N(CC(=O)NCC(=O)N(C)C)C1=O. The number of nitrogens with one attached hydrogen (secondary N) is 2. The average Bonchev–Trinajstić information content (AvgIpc) is 2.70. The summed E-state index contributed by atoms with van der Waals surface area (Å²) in [5.41, 5.74) is -0.902. The van der Waals surface area contributed by atoms with Crippen LogP contribution in [0.5, 0.6) is 0 Å². The highest BCUT2D eigenvalue weighted by Crippen LogP contribution is 2.27. The number of amides is 5. The fraction of sp³-hybridized carbons (Fsp3) is 0.733. The molecule has 0 spiro atoms. The van der Waals surface area contributed by atoms with Gasteiger partial charge in [-0.05, 0) is 12.8 Å². The van der Waals surface area contributed by atoms with Crippen molar-refractivity contribution in [1.29, 1.82) is 0 Å². The van der Waals surface area contributed by atoms with Crippen LogP contribution >= 0.6 is 0 Å². The van der Waals surface area contributed by atoms with E-state index < -0.39 is 17.5 Å². The van der Waals surface area contributed by atoms with E-state index in [-0.39, 0.29) is 24.9 Å². The van der Waals surface area contributed by atoms with Gasteiger partial charge in [0, 0.05) is 14.1 Å². The maximum absolute atomic E-state index is 12.6. The molecule has 1 aliphatic heterocycles. The summed E-state index contributed by atoms with van der Waals surface area (Å²) in [6.07, 6.45) is 2.60. The lowest BCUT2D eigenvalue weighted by Gasteiger charge is -2.25. The number of likely N-dealkylation sites (N-methyl/N-ethyl adjacent to an activating group) is 1. The van der Waals surface area contributed by atoms with Crippen molar-refractivity contribution in [1.82, 2.24) is 20.4 Å². The van der Waals surface area contributed by atoms with Crippen molar-refractivity contribution in [3.8, 4) is 0 Å². The summed E-state index contributed by atoms with van der Waals surface area (Å²) in [4.78, 5) is 50.3. The molecule has 0 saturated carbocycles. The zero-order chi connectivity index (χ0) is 17.6. The van der Waals surface area contributed by atoms with Crippen LogP contribution in [0.4, 0.5) is 4.79 Å². The fourth-order valence-corrected chi connectivity index (χ4v) is 2.67. The standard InChI is InChI=1S/C15H26N4O4/c1-5-7-15(8-6-2)13(22)19(14(23)17-15)10-11(20)16-9-12(21)18(3)4/h5-10H2,1-4H3,(H,16,20)(H,17,23). The van der Waals surface area contributed by atoms with Gasteiger partial charge in [0.25, 0.3) is 5.91 Å². The quantitative estimate of drug-likeness (QED) is 0.617. The minimum atomic E-state index is -0.902. The highest BCUT2D eigenvalue weighted by molar-refractivity contribution is 6.09. The Kier molecular flexibility index (Phi) is 6.53. The van der Waals surface area contributed by atoms with Gasteiger partial charge in [-0.3, -0.25) is 19.3 Å². The third-order valence-corrected chi connectivity index (χ3v) is 3.84. The van der Waals surface area contributed by atoms with Crippen molar-refractivity contribution in [2.24, 2.45) is 0 Å². The molecule has 1 saturated heterocycles. The number of rotatable bonds is 8. The van der Waals surface area contributed by atoms with Crippen LogP contribution in [0.25, 0.3) is 0 Å². The maximum Gasteiger partial charge on any atom is 0.325 e. The van der Waals surface area contributed by atoms with Gasteiger partial charge in [0.05, 0.1) is 6.54 Å². The number of hydrogen-bond acceptors (Lipinski definition) is 4. The maximum atomic E-state index is 12.6. The minimum absolute atomic E-state index is 0.162. The van der Waals surface area contributed by atoms with Crippen molar-refractivity contribution in [3.05, 3.63) is 0 Å². The van der Waals surface area contributed by atoms with Gasteiger partial charge in [-0.25, -0.2) is 4.79 Å². The van der Waals surface area contributed by atoms with Crippen LogP contribution < -0.4 is 10.6 Å². The molecule has 0 aromatic carbocycles. The first-order valence-electron chi connectivity index (χ1n) is 7.88. The van der Waals surface area contributed by atoms with Gasteiger partial charge in [0.15, 0.2) is 0 Å². The van der Waals surface area contributed by atoms with E-state index in [1.807, 2.05) is 13.8 Å². The summed E-state index contributed by atoms with van der Waals surface area (Å²) in [5, 5.41) is 5.16. The first kappa shape index (κ1) is 18.9. The van der Waals surface area contributed by atoms with Crippen molar-refractivity contribution >= 4 is 23.8 Å². The fourth-order valence-electron chi connectivity index (χ4n) is 2.67. The molecule has 8 nitrogen and oxygen atoms in total. The van der Waals surface area contributed by atoms with E-state index in [0.29, 0.717) is 12.8 Å². The topological polar surface area (TPSA) is 98.8 Å². The highest BCUT2D eigenvalue weighted by Gasteiger charge is 2.50. The number of urea groups is 1. The van der Waals surface area contributed by atoms with E-state index >= 15 is 0 Å². The molecule has 23 heavy (non-hydrogen) atoms. The molecule has 1 fully saturated rings. The molecule has 0 aromatic rings. The third kappa shape index (κ3) is 4.43. The van der Waals surface area contributed by atoms with Crippen LogP contribution in [-0.2, 0) is 14.4 Å². The largest absolute Gasteiger partial charge is 0.347 e. The number of imide groups is 1. The molecule has 8 heteroatoms. The second-order valence-electron chi connectivity index (χ2n) is 5.97. The number of hydrogen-bond donors (Lipinski definition) is 2. The molecule has 130 valence electrons. The first-order chi connectivity index (χ1) is 10.8. The minimum Gasteiger partial charge on any atom is -0.347 e. The van der Waals surface area contributed by atoms with Crippen molar-refractivity contribution < 1.29 is 19.2 Å². The Hall–Kier alpha value is -2.12. The lowest BCUT2D eigenvalue weighted by atomic mass is 9.88. The van der Waals surface area contributed by atoms with Crippen molar-refractivity contribution in [2.45, 2.75) is 45.1 Å². The molecule has 1 heterocycles. The second kappa shape index (κ2) is 7.94. The van der Waals surface area contributed by atoms with Crippen LogP contribution in [0, 0.1) is 0 Å². The summed E-state index contributed by atoms with van der Waals surface area (Å²) in [7, 11) is 3.16. The van der Waals surface area contributed by atoms with Gasteiger partial charge >= 0.3 is 6.03 Å². The van der Waals surface area contributed by atoms with Crippen molar-refractivity contribution in [2.75, 3.05) is 27.2 Å². The number of nitrogens with zero attached hydrogens (tertiary/aromatic N) is 2. The van der Waals surface area contributed by atoms with Gasteiger partial charge in [-0.15, -0.1) is 0 Å². The van der Waals surface area contributed by atoms with Gasteiger partial charge in [-0.2, -0.15) is 0 Å². The molecule has 0 unspecified atom stereocenters. The Bertz CT molecular complexity index is 484. The van der Waals surface area contributed by atoms with Crippen LogP contribution in [0.1, 0.15) is 39.5 Å². The summed E-state index contributed by atoms with van der Waals surface area (Å²) >= 11 is 0. The monoisotopic (exact) mass is 326 g/mol. The predicted molar refractivity (Wildman–Crippen MR) is 84.5 cm³/mol.